The summed E-state index contributed by atoms with van der Waals surface area (Å²) >= 11 is 0. The van der Waals surface area contributed by atoms with Crippen LogP contribution < -0.4 is 10.9 Å². The molecule has 2 rings (SSSR count). The SMILES string of the molecule is CCN(CC)C(=O)CCNC(=O)Cn1ccc2ccccc2c1=O. The third-order valence-electron chi connectivity index (χ3n) is 3.98. The zero-order valence-corrected chi connectivity index (χ0v) is 14.1. The molecule has 0 spiro atoms. The van der Waals surface area contributed by atoms with Crippen LogP contribution in [0.15, 0.2) is 41.3 Å². The van der Waals surface area contributed by atoms with Crippen LogP contribution in [0.1, 0.15) is 20.3 Å². The molecule has 0 aliphatic carbocycles. The largest absolute Gasteiger partial charge is 0.354 e. The van der Waals surface area contributed by atoms with Crippen LogP contribution in [0, 0.1) is 0 Å². The number of aromatic nitrogens is 1. The summed E-state index contributed by atoms with van der Waals surface area (Å²) in [6, 6.07) is 9.08. The van der Waals surface area contributed by atoms with Crippen molar-refractivity contribution in [3.63, 3.8) is 0 Å². The molecule has 0 aliphatic heterocycles. The van der Waals surface area contributed by atoms with Crippen LogP contribution in [0.25, 0.3) is 10.8 Å². The summed E-state index contributed by atoms with van der Waals surface area (Å²) < 4.78 is 1.38. The number of hydrogen-bond acceptors (Lipinski definition) is 3. The third kappa shape index (κ3) is 4.22. The molecule has 0 unspecified atom stereocenters. The molecule has 2 amide bonds. The van der Waals surface area contributed by atoms with Gasteiger partial charge in [0.1, 0.15) is 6.54 Å². The second kappa shape index (κ2) is 8.29. The van der Waals surface area contributed by atoms with Gasteiger partial charge in [0, 0.05) is 37.6 Å². The summed E-state index contributed by atoms with van der Waals surface area (Å²) in [7, 11) is 0. The van der Waals surface area contributed by atoms with Gasteiger partial charge in [0.25, 0.3) is 5.56 Å². The van der Waals surface area contributed by atoms with Gasteiger partial charge < -0.3 is 14.8 Å². The molecule has 1 heterocycles. The van der Waals surface area contributed by atoms with Gasteiger partial charge >= 0.3 is 0 Å². The molecule has 0 saturated heterocycles. The smallest absolute Gasteiger partial charge is 0.258 e. The standard InChI is InChI=1S/C18H23N3O3/c1-3-20(4-2)17(23)9-11-19-16(22)13-21-12-10-14-7-5-6-8-15(14)18(21)24/h5-8,10,12H,3-4,9,11,13H2,1-2H3,(H,19,22). The molecular formula is C18H23N3O3. The Balaban J connectivity index is 1.92. The van der Waals surface area contributed by atoms with E-state index in [0.29, 0.717) is 18.5 Å². The highest BCUT2D eigenvalue weighted by molar-refractivity contribution is 5.82. The first-order chi connectivity index (χ1) is 11.6. The van der Waals surface area contributed by atoms with E-state index in [2.05, 4.69) is 5.32 Å². The fourth-order valence-corrected chi connectivity index (χ4v) is 2.61. The number of rotatable bonds is 7. The quantitative estimate of drug-likeness (QED) is 0.834. The minimum absolute atomic E-state index is 0.0168. The van der Waals surface area contributed by atoms with E-state index in [1.807, 2.05) is 32.0 Å². The highest BCUT2D eigenvalue weighted by Gasteiger charge is 2.11. The molecule has 0 atom stereocenters. The zero-order chi connectivity index (χ0) is 17.5. The summed E-state index contributed by atoms with van der Waals surface area (Å²) in [5.41, 5.74) is -0.192. The molecule has 0 fully saturated rings. The van der Waals surface area contributed by atoms with Gasteiger partial charge in [-0.1, -0.05) is 18.2 Å². The van der Waals surface area contributed by atoms with Crippen LogP contribution in [0.3, 0.4) is 0 Å². The lowest BCUT2D eigenvalue weighted by molar-refractivity contribution is -0.130. The second-order valence-corrected chi connectivity index (χ2v) is 5.50. The van der Waals surface area contributed by atoms with E-state index in [9.17, 15) is 14.4 Å². The molecule has 1 aromatic heterocycles. The fraction of sp³-hybridized carbons (Fsp3) is 0.389. The summed E-state index contributed by atoms with van der Waals surface area (Å²) in [4.78, 5) is 37.9. The minimum Gasteiger partial charge on any atom is -0.354 e. The Labute approximate surface area is 141 Å². The molecule has 0 saturated carbocycles. The van der Waals surface area contributed by atoms with Crippen molar-refractivity contribution in [1.82, 2.24) is 14.8 Å². The lowest BCUT2D eigenvalue weighted by Gasteiger charge is -2.18. The maximum atomic E-state index is 12.3. The van der Waals surface area contributed by atoms with Crippen LogP contribution in [0.5, 0.6) is 0 Å². The van der Waals surface area contributed by atoms with E-state index >= 15 is 0 Å². The molecule has 24 heavy (non-hydrogen) atoms. The van der Waals surface area contributed by atoms with Crippen LogP contribution >= 0.6 is 0 Å². The van der Waals surface area contributed by atoms with Gasteiger partial charge in [-0.15, -0.1) is 0 Å². The summed E-state index contributed by atoms with van der Waals surface area (Å²) in [6.07, 6.45) is 1.88. The zero-order valence-electron chi connectivity index (χ0n) is 14.1. The van der Waals surface area contributed by atoms with E-state index < -0.39 is 0 Å². The second-order valence-electron chi connectivity index (χ2n) is 5.50. The van der Waals surface area contributed by atoms with Crippen molar-refractivity contribution in [2.45, 2.75) is 26.8 Å². The number of pyridine rings is 1. The van der Waals surface area contributed by atoms with Gasteiger partial charge in [-0.05, 0) is 31.4 Å². The van der Waals surface area contributed by atoms with Gasteiger partial charge in [-0.25, -0.2) is 0 Å². The van der Waals surface area contributed by atoms with E-state index in [0.717, 1.165) is 5.39 Å². The average molecular weight is 329 g/mol. The lowest BCUT2D eigenvalue weighted by atomic mass is 10.2. The van der Waals surface area contributed by atoms with Crippen molar-refractivity contribution in [2.75, 3.05) is 19.6 Å². The van der Waals surface area contributed by atoms with E-state index in [-0.39, 0.29) is 36.9 Å². The minimum atomic E-state index is -0.278. The molecule has 1 aromatic carbocycles. The third-order valence-corrected chi connectivity index (χ3v) is 3.98. The number of nitrogens with zero attached hydrogens (tertiary/aromatic N) is 2. The van der Waals surface area contributed by atoms with Crippen molar-refractivity contribution < 1.29 is 9.59 Å². The van der Waals surface area contributed by atoms with Crippen molar-refractivity contribution in [2.24, 2.45) is 0 Å². The summed E-state index contributed by atoms with van der Waals surface area (Å²) in [5, 5.41) is 4.13. The molecule has 2 aromatic rings. The Morgan fingerprint density at radius 1 is 1.12 bits per heavy atom. The predicted molar refractivity (Wildman–Crippen MR) is 93.8 cm³/mol. The van der Waals surface area contributed by atoms with Crippen LogP contribution in [-0.2, 0) is 16.1 Å². The first kappa shape index (κ1) is 17.7. The van der Waals surface area contributed by atoms with E-state index in [1.165, 1.54) is 4.57 Å². The molecular weight excluding hydrogens is 306 g/mol. The highest BCUT2D eigenvalue weighted by atomic mass is 16.2. The van der Waals surface area contributed by atoms with Crippen LogP contribution in [0.2, 0.25) is 0 Å². The normalized spacial score (nSPS) is 10.6. The monoisotopic (exact) mass is 329 g/mol. The van der Waals surface area contributed by atoms with Crippen molar-refractivity contribution in [3.8, 4) is 0 Å². The van der Waals surface area contributed by atoms with Crippen LogP contribution in [-0.4, -0.2) is 40.9 Å². The number of benzene rings is 1. The van der Waals surface area contributed by atoms with Gasteiger partial charge in [0.2, 0.25) is 11.8 Å². The molecule has 0 radical (unpaired) electrons. The predicted octanol–water partition coefficient (Wildman–Crippen LogP) is 1.38. The van der Waals surface area contributed by atoms with Crippen LogP contribution in [0.4, 0.5) is 0 Å². The Morgan fingerprint density at radius 2 is 1.83 bits per heavy atom. The number of amides is 2. The molecule has 128 valence electrons. The Morgan fingerprint density at radius 3 is 2.54 bits per heavy atom. The highest BCUT2D eigenvalue weighted by Crippen LogP contribution is 2.07. The maximum absolute atomic E-state index is 12.3. The maximum Gasteiger partial charge on any atom is 0.258 e. The van der Waals surface area contributed by atoms with Gasteiger partial charge in [0.05, 0.1) is 0 Å². The van der Waals surface area contributed by atoms with Crippen molar-refractivity contribution >= 4 is 22.6 Å². The van der Waals surface area contributed by atoms with Gasteiger partial charge in [0.15, 0.2) is 0 Å². The van der Waals surface area contributed by atoms with Gasteiger partial charge in [-0.3, -0.25) is 14.4 Å². The molecule has 6 heteroatoms. The Bertz CT molecular complexity index is 778. The fourth-order valence-electron chi connectivity index (χ4n) is 2.61. The summed E-state index contributed by atoms with van der Waals surface area (Å²) in [6.45, 7) is 5.39. The molecule has 0 aliphatic rings. The molecule has 0 bridgehead atoms. The summed E-state index contributed by atoms with van der Waals surface area (Å²) in [5.74, 6) is -0.261. The number of hydrogen-bond donors (Lipinski definition) is 1. The lowest BCUT2D eigenvalue weighted by Crippen LogP contribution is -2.36. The molecule has 6 nitrogen and oxygen atoms in total. The number of fused-ring (bicyclic) bond motifs is 1. The van der Waals surface area contributed by atoms with E-state index in [4.69, 9.17) is 0 Å². The average Bonchev–Trinajstić information content (AvgIpc) is 2.59. The first-order valence-electron chi connectivity index (χ1n) is 8.19. The number of carbonyl (C=O) groups is 2. The Kier molecular flexibility index (Phi) is 6.12. The topological polar surface area (TPSA) is 71.4 Å². The van der Waals surface area contributed by atoms with Crippen molar-refractivity contribution in [1.29, 1.82) is 0 Å². The van der Waals surface area contributed by atoms with Gasteiger partial charge in [-0.2, -0.15) is 0 Å². The number of nitrogens with one attached hydrogen (secondary N) is 1. The number of carbonyl (C=O) groups excluding carboxylic acids is 2. The van der Waals surface area contributed by atoms with Crippen molar-refractivity contribution in [3.05, 3.63) is 46.9 Å². The first-order valence-corrected chi connectivity index (χ1v) is 8.19. The Hall–Kier alpha value is -2.63. The molecule has 1 N–H and O–H groups in total. The van der Waals surface area contributed by atoms with E-state index in [1.54, 1.807) is 23.2 Å².